The number of benzene rings is 9. The van der Waals surface area contributed by atoms with Gasteiger partial charge >= 0.3 is 6.09 Å². The fourth-order valence-electron chi connectivity index (χ4n) is 11.4. The van der Waals surface area contributed by atoms with Crippen LogP contribution in [-0.2, 0) is 19.9 Å². The zero-order chi connectivity index (χ0) is 58.4. The Labute approximate surface area is 493 Å². The van der Waals surface area contributed by atoms with Crippen molar-refractivity contribution < 1.29 is 33.3 Å². The maximum absolute atomic E-state index is 15.2. The van der Waals surface area contributed by atoms with Gasteiger partial charge in [0.1, 0.15) is 29.9 Å². The van der Waals surface area contributed by atoms with Gasteiger partial charge in [-0.1, -0.05) is 211 Å². The number of fused-ring (bicyclic) bond motifs is 3. The number of unbranched alkanes of at least 4 members (excludes halogenated alkanes) is 1. The molecule has 426 valence electrons. The highest BCUT2D eigenvalue weighted by Gasteiger charge is 2.36. The number of methoxy groups -OCH3 is 2. The van der Waals surface area contributed by atoms with Crippen LogP contribution in [0.3, 0.4) is 0 Å². The highest BCUT2D eigenvalue weighted by molar-refractivity contribution is 5.86. The van der Waals surface area contributed by atoms with Gasteiger partial charge in [0.25, 0.3) is 5.91 Å². The predicted molar refractivity (Wildman–Crippen MR) is 332 cm³/mol. The number of carbonyl (C=O) groups is 3. The normalized spacial score (nSPS) is 12.5. The van der Waals surface area contributed by atoms with Crippen molar-refractivity contribution in [2.45, 2.75) is 69.6 Å². The van der Waals surface area contributed by atoms with E-state index in [4.69, 9.17) is 18.9 Å². The molecule has 0 radical (unpaired) electrons. The van der Waals surface area contributed by atoms with E-state index in [-0.39, 0.29) is 31.1 Å². The molecule has 0 saturated heterocycles. The summed E-state index contributed by atoms with van der Waals surface area (Å²) in [6.45, 7) is 6.59. The molecule has 0 fully saturated rings. The Morgan fingerprint density at radius 1 is 0.500 bits per heavy atom. The number of amides is 3. The fraction of sp³-hybridized carbons (Fsp3) is 0.219. The van der Waals surface area contributed by atoms with Crippen LogP contribution < -0.4 is 35.5 Å². The lowest BCUT2D eigenvalue weighted by Gasteiger charge is -2.37. The summed E-state index contributed by atoms with van der Waals surface area (Å²) in [5.41, 5.74) is 13.7. The van der Waals surface area contributed by atoms with Crippen LogP contribution in [0.2, 0.25) is 0 Å². The van der Waals surface area contributed by atoms with Gasteiger partial charge in [-0.3, -0.25) is 14.9 Å². The highest BCUT2D eigenvalue weighted by atomic mass is 16.5. The molecule has 0 aromatic heterocycles. The van der Waals surface area contributed by atoms with Gasteiger partial charge in [0.15, 0.2) is 6.61 Å². The molecule has 9 aromatic carbocycles. The summed E-state index contributed by atoms with van der Waals surface area (Å²) in [5, 5.41) is 13.5. The summed E-state index contributed by atoms with van der Waals surface area (Å²) in [4.78, 5) is 43.1. The Bertz CT molecular complexity index is 3520. The monoisotopic (exact) mass is 1120 g/mol. The minimum atomic E-state index is -1.01. The second-order valence-electron chi connectivity index (χ2n) is 21.5. The van der Waals surface area contributed by atoms with Gasteiger partial charge < -0.3 is 34.9 Å². The van der Waals surface area contributed by atoms with E-state index in [0.717, 1.165) is 61.2 Å². The van der Waals surface area contributed by atoms with Gasteiger partial charge in [0.2, 0.25) is 5.91 Å². The molecular formula is C73H72N4O7. The quantitative estimate of drug-likeness (QED) is 0.0347. The lowest BCUT2D eigenvalue weighted by molar-refractivity contribution is -0.124. The predicted octanol–water partition coefficient (Wildman–Crippen LogP) is 13.8. The first kappa shape index (κ1) is 57.8. The van der Waals surface area contributed by atoms with Crippen LogP contribution in [0.4, 0.5) is 4.79 Å². The zero-order valence-corrected chi connectivity index (χ0v) is 48.3. The fourth-order valence-corrected chi connectivity index (χ4v) is 11.4. The molecule has 0 saturated carbocycles. The van der Waals surface area contributed by atoms with Crippen molar-refractivity contribution >= 4 is 17.9 Å². The van der Waals surface area contributed by atoms with Crippen LogP contribution in [0.25, 0.3) is 11.1 Å². The SMILES string of the molecule is COc1ccc(C(NC(=O)[C@H](CCCCNC(c2ccccc2)(c2ccccc2)c2ccc(C)cc2)NC(=O)OCC2c3ccccc3-c3ccccc32)c2ccc(OCC(=O)NC(c3ccc(C)cc3)c3ccc(C)cc3)cc2)c(OC)c1. The summed E-state index contributed by atoms with van der Waals surface area (Å²) >= 11 is 0. The molecule has 0 bridgehead atoms. The lowest BCUT2D eigenvalue weighted by atomic mass is 9.76. The van der Waals surface area contributed by atoms with Crippen LogP contribution in [0.15, 0.2) is 224 Å². The van der Waals surface area contributed by atoms with Gasteiger partial charge in [-0.25, -0.2) is 4.79 Å². The summed E-state index contributed by atoms with van der Waals surface area (Å²) in [6, 6.07) is 72.8. The standard InChI is InChI=1S/C73H72N4O7/c1-49-27-33-52(34-28-49)69(53-35-29-50(2)30-36-53)76-68(78)48-83-58-41-37-54(38-42-58)70(64-44-43-59(81-4)46-67(64)82-5)77-71(79)66(75-72(80)84-47-65-62-24-14-12-22-60(62)61-23-13-15-25-63(61)65)26-16-17-45-74-73(55-18-8-6-9-19-55,56-20-10-7-11-21-56)57-39-31-51(3)32-40-57/h6-15,18-25,27-44,46,65-66,69-70,74H,16-17,26,45,47-48H2,1-5H3,(H,75,80)(H,76,78)(H,77,79)/t66-,70?/m0/s1. The average molecular weight is 1120 g/mol. The van der Waals surface area contributed by atoms with Crippen LogP contribution in [0.1, 0.15) is 104 Å². The topological polar surface area (TPSA) is 136 Å². The third kappa shape index (κ3) is 13.4. The molecule has 84 heavy (non-hydrogen) atoms. The van der Waals surface area contributed by atoms with Crippen molar-refractivity contribution in [3.05, 3.63) is 291 Å². The van der Waals surface area contributed by atoms with Crippen molar-refractivity contribution in [3.63, 3.8) is 0 Å². The van der Waals surface area contributed by atoms with Gasteiger partial charge in [0, 0.05) is 17.5 Å². The number of nitrogens with one attached hydrogen (secondary N) is 4. The van der Waals surface area contributed by atoms with Crippen molar-refractivity contribution in [2.75, 3.05) is 34.0 Å². The first-order valence-corrected chi connectivity index (χ1v) is 28.7. The van der Waals surface area contributed by atoms with Gasteiger partial charge in [-0.05, 0) is 126 Å². The number of ether oxygens (including phenoxy) is 4. The van der Waals surface area contributed by atoms with Crippen LogP contribution in [-0.4, -0.2) is 57.9 Å². The highest BCUT2D eigenvalue weighted by Crippen LogP contribution is 2.45. The second-order valence-corrected chi connectivity index (χ2v) is 21.5. The molecule has 2 atom stereocenters. The Balaban J connectivity index is 0.892. The number of rotatable bonds is 24. The van der Waals surface area contributed by atoms with Gasteiger partial charge in [-0.2, -0.15) is 0 Å². The number of aryl methyl sites for hydroxylation is 3. The number of carbonyl (C=O) groups excluding carboxylic acids is 3. The van der Waals surface area contributed by atoms with Gasteiger partial charge in [0.05, 0.1) is 31.8 Å². The maximum Gasteiger partial charge on any atom is 0.407 e. The van der Waals surface area contributed by atoms with Crippen molar-refractivity contribution in [2.24, 2.45) is 0 Å². The molecule has 0 spiro atoms. The summed E-state index contributed by atoms with van der Waals surface area (Å²) < 4.78 is 23.7. The Hall–Kier alpha value is -9.45. The summed E-state index contributed by atoms with van der Waals surface area (Å²) in [5.74, 6) is 0.625. The maximum atomic E-state index is 15.2. The van der Waals surface area contributed by atoms with Crippen LogP contribution >= 0.6 is 0 Å². The van der Waals surface area contributed by atoms with E-state index in [1.165, 1.54) is 5.56 Å². The molecule has 11 heteroatoms. The molecule has 4 N–H and O–H groups in total. The van der Waals surface area contributed by atoms with E-state index in [9.17, 15) is 9.59 Å². The third-order valence-electron chi connectivity index (χ3n) is 15.9. The molecule has 0 aliphatic heterocycles. The molecule has 1 aliphatic carbocycles. The number of hydrogen-bond acceptors (Lipinski definition) is 8. The number of alkyl carbamates (subject to hydrolysis) is 1. The van der Waals surface area contributed by atoms with E-state index in [1.807, 2.05) is 123 Å². The Morgan fingerprint density at radius 3 is 1.56 bits per heavy atom. The lowest BCUT2D eigenvalue weighted by Crippen LogP contribution is -2.48. The summed E-state index contributed by atoms with van der Waals surface area (Å²) in [7, 11) is 3.15. The molecular weight excluding hydrogens is 1040 g/mol. The van der Waals surface area contributed by atoms with Crippen LogP contribution in [0, 0.1) is 20.8 Å². The largest absolute Gasteiger partial charge is 0.497 e. The average Bonchev–Trinajstić information content (AvgIpc) is 4.00. The van der Waals surface area contributed by atoms with E-state index < -0.39 is 29.6 Å². The first-order valence-electron chi connectivity index (χ1n) is 28.7. The van der Waals surface area contributed by atoms with E-state index in [0.29, 0.717) is 54.2 Å². The first-order chi connectivity index (χ1) is 41.0. The molecule has 10 rings (SSSR count). The molecule has 1 unspecified atom stereocenters. The Kier molecular flexibility index (Phi) is 18.6. The second kappa shape index (κ2) is 27.1. The molecule has 3 amide bonds. The van der Waals surface area contributed by atoms with E-state index in [1.54, 1.807) is 32.4 Å². The van der Waals surface area contributed by atoms with Gasteiger partial charge in [-0.15, -0.1) is 0 Å². The zero-order valence-electron chi connectivity index (χ0n) is 48.3. The smallest absolute Gasteiger partial charge is 0.407 e. The number of hydrogen-bond donors (Lipinski definition) is 4. The third-order valence-corrected chi connectivity index (χ3v) is 15.9. The summed E-state index contributed by atoms with van der Waals surface area (Å²) in [6.07, 6.45) is 0.823. The minimum absolute atomic E-state index is 0.0833. The molecule has 1 aliphatic rings. The van der Waals surface area contributed by atoms with E-state index >= 15 is 4.79 Å². The molecule has 0 heterocycles. The molecule has 11 nitrogen and oxygen atoms in total. The Morgan fingerprint density at radius 2 is 1.00 bits per heavy atom. The van der Waals surface area contributed by atoms with Crippen molar-refractivity contribution in [1.29, 1.82) is 0 Å². The van der Waals surface area contributed by atoms with Crippen molar-refractivity contribution in [3.8, 4) is 28.4 Å². The van der Waals surface area contributed by atoms with E-state index in [2.05, 4.69) is 125 Å². The van der Waals surface area contributed by atoms with Crippen molar-refractivity contribution in [1.82, 2.24) is 21.3 Å². The minimum Gasteiger partial charge on any atom is -0.497 e. The molecule has 9 aromatic rings. The van der Waals surface area contributed by atoms with Crippen LogP contribution in [0.5, 0.6) is 17.2 Å².